The molecule has 0 radical (unpaired) electrons. The van der Waals surface area contributed by atoms with Gasteiger partial charge in [0, 0.05) is 12.5 Å². The largest absolute Gasteiger partial charge is 0.494 e. The quantitative estimate of drug-likeness (QED) is 0.862. The van der Waals surface area contributed by atoms with Crippen LogP contribution in [-0.4, -0.2) is 24.7 Å². The van der Waals surface area contributed by atoms with Crippen molar-refractivity contribution in [3.05, 3.63) is 24.1 Å². The summed E-state index contributed by atoms with van der Waals surface area (Å²) in [7, 11) is 1.64. The van der Waals surface area contributed by atoms with Crippen molar-refractivity contribution in [2.75, 3.05) is 13.7 Å². The number of benzene rings is 1. The second kappa shape index (κ2) is 5.19. The molecule has 1 aromatic carbocycles. The van der Waals surface area contributed by atoms with Crippen molar-refractivity contribution >= 4 is 11.1 Å². The zero-order valence-corrected chi connectivity index (χ0v) is 10.5. The molecule has 0 aliphatic rings. The van der Waals surface area contributed by atoms with Gasteiger partial charge in [0.05, 0.1) is 7.11 Å². The molecule has 0 saturated carbocycles. The summed E-state index contributed by atoms with van der Waals surface area (Å²) in [5.74, 6) is 1.51. The van der Waals surface area contributed by atoms with Crippen molar-refractivity contribution in [1.29, 1.82) is 0 Å². The number of para-hydroxylation sites is 1. The molecular weight excluding hydrogens is 216 g/mol. The second-order valence-corrected chi connectivity index (χ2v) is 4.08. The second-order valence-electron chi connectivity index (χ2n) is 4.08. The van der Waals surface area contributed by atoms with Gasteiger partial charge in [-0.2, -0.15) is 0 Å². The van der Waals surface area contributed by atoms with E-state index in [1.54, 1.807) is 7.11 Å². The van der Waals surface area contributed by atoms with Crippen molar-refractivity contribution in [3.63, 3.8) is 0 Å². The Morgan fingerprint density at radius 1 is 1.47 bits per heavy atom. The zero-order chi connectivity index (χ0) is 12.3. The van der Waals surface area contributed by atoms with Crippen LogP contribution >= 0.6 is 0 Å². The molecule has 4 heteroatoms. The van der Waals surface area contributed by atoms with E-state index in [4.69, 9.17) is 9.15 Å². The maximum atomic E-state index is 5.70. The normalized spacial score (nSPS) is 12.9. The number of fused-ring (bicyclic) bond motifs is 1. The molecular formula is C13H18N2O2. The van der Waals surface area contributed by atoms with Crippen LogP contribution in [0.1, 0.15) is 19.7 Å². The van der Waals surface area contributed by atoms with Crippen LogP contribution in [0, 0.1) is 0 Å². The van der Waals surface area contributed by atoms with E-state index in [-0.39, 0.29) is 0 Å². The third-order valence-corrected chi connectivity index (χ3v) is 2.68. The minimum absolute atomic E-state index is 0.360. The van der Waals surface area contributed by atoms with Gasteiger partial charge in [-0.05, 0) is 25.6 Å². The van der Waals surface area contributed by atoms with Crippen LogP contribution < -0.4 is 10.1 Å². The zero-order valence-electron chi connectivity index (χ0n) is 10.5. The van der Waals surface area contributed by atoms with E-state index < -0.39 is 0 Å². The fraction of sp³-hybridized carbons (Fsp3) is 0.462. The van der Waals surface area contributed by atoms with Gasteiger partial charge in [-0.3, -0.25) is 0 Å². The van der Waals surface area contributed by atoms with Gasteiger partial charge in [-0.25, -0.2) is 4.98 Å². The fourth-order valence-corrected chi connectivity index (χ4v) is 1.90. The summed E-state index contributed by atoms with van der Waals surface area (Å²) in [6.07, 6.45) is 0.783. The van der Waals surface area contributed by atoms with Gasteiger partial charge in [-0.15, -0.1) is 0 Å². The van der Waals surface area contributed by atoms with Crippen molar-refractivity contribution < 1.29 is 9.15 Å². The Morgan fingerprint density at radius 2 is 2.29 bits per heavy atom. The third-order valence-electron chi connectivity index (χ3n) is 2.68. The van der Waals surface area contributed by atoms with E-state index in [0.717, 1.165) is 35.7 Å². The highest BCUT2D eigenvalue weighted by molar-refractivity contribution is 5.79. The first-order chi connectivity index (χ1) is 8.24. The van der Waals surface area contributed by atoms with Crippen LogP contribution in [-0.2, 0) is 6.42 Å². The molecule has 0 aliphatic carbocycles. The number of ether oxygens (including phenoxy) is 1. The summed E-state index contributed by atoms with van der Waals surface area (Å²) in [5, 5.41) is 3.34. The lowest BCUT2D eigenvalue weighted by Crippen LogP contribution is -2.27. The van der Waals surface area contributed by atoms with Crippen LogP contribution in [0.3, 0.4) is 0 Å². The van der Waals surface area contributed by atoms with E-state index in [1.807, 2.05) is 18.2 Å². The smallest absolute Gasteiger partial charge is 0.197 e. The molecule has 1 atom stereocenters. The molecule has 17 heavy (non-hydrogen) atoms. The molecule has 0 saturated heterocycles. The van der Waals surface area contributed by atoms with Crippen LogP contribution in [0.25, 0.3) is 11.1 Å². The molecule has 4 nitrogen and oxygen atoms in total. The number of rotatable bonds is 5. The van der Waals surface area contributed by atoms with Gasteiger partial charge >= 0.3 is 0 Å². The highest BCUT2D eigenvalue weighted by atomic mass is 16.5. The number of hydrogen-bond donors (Lipinski definition) is 1. The monoisotopic (exact) mass is 234 g/mol. The molecule has 0 aliphatic heterocycles. The molecule has 2 aromatic rings. The molecule has 1 unspecified atom stereocenters. The summed E-state index contributed by atoms with van der Waals surface area (Å²) < 4.78 is 11.0. The van der Waals surface area contributed by atoms with Gasteiger partial charge in [0.1, 0.15) is 5.75 Å². The first-order valence-electron chi connectivity index (χ1n) is 5.90. The Kier molecular flexibility index (Phi) is 3.64. The average Bonchev–Trinajstić information content (AvgIpc) is 2.70. The number of aromatic nitrogens is 1. The summed E-state index contributed by atoms with van der Waals surface area (Å²) >= 11 is 0. The van der Waals surface area contributed by atoms with E-state index in [2.05, 4.69) is 24.1 Å². The van der Waals surface area contributed by atoms with Crippen molar-refractivity contribution in [2.24, 2.45) is 0 Å². The maximum absolute atomic E-state index is 5.70. The van der Waals surface area contributed by atoms with Gasteiger partial charge in [-0.1, -0.05) is 13.0 Å². The molecule has 0 fully saturated rings. The lowest BCUT2D eigenvalue weighted by molar-refractivity contribution is 0.419. The van der Waals surface area contributed by atoms with E-state index in [0.29, 0.717) is 6.04 Å². The Morgan fingerprint density at radius 3 is 3.00 bits per heavy atom. The van der Waals surface area contributed by atoms with Gasteiger partial charge < -0.3 is 14.5 Å². The first-order valence-corrected chi connectivity index (χ1v) is 5.90. The molecule has 1 N–H and O–H groups in total. The topological polar surface area (TPSA) is 47.3 Å². The van der Waals surface area contributed by atoms with Crippen LogP contribution in [0.2, 0.25) is 0 Å². The molecule has 2 rings (SSSR count). The van der Waals surface area contributed by atoms with Crippen LogP contribution in [0.4, 0.5) is 0 Å². The molecule has 0 amide bonds. The minimum Gasteiger partial charge on any atom is -0.494 e. The summed E-state index contributed by atoms with van der Waals surface area (Å²) in [4.78, 5) is 4.47. The van der Waals surface area contributed by atoms with Gasteiger partial charge in [0.15, 0.2) is 17.0 Å². The lowest BCUT2D eigenvalue weighted by Gasteiger charge is -2.08. The number of methoxy groups -OCH3 is 1. The Balaban J connectivity index is 2.25. The highest BCUT2D eigenvalue weighted by Crippen LogP contribution is 2.25. The highest BCUT2D eigenvalue weighted by Gasteiger charge is 2.12. The Bertz CT molecular complexity index is 493. The first kappa shape index (κ1) is 11.9. The average molecular weight is 234 g/mol. The maximum Gasteiger partial charge on any atom is 0.197 e. The van der Waals surface area contributed by atoms with Gasteiger partial charge in [0.25, 0.3) is 0 Å². The van der Waals surface area contributed by atoms with E-state index in [9.17, 15) is 0 Å². The Labute approximate surface area is 101 Å². The molecule has 1 aromatic heterocycles. The number of nitrogens with one attached hydrogen (secondary N) is 1. The molecule has 0 bridgehead atoms. The fourth-order valence-electron chi connectivity index (χ4n) is 1.90. The molecule has 92 valence electrons. The number of nitrogens with zero attached hydrogens (tertiary/aromatic N) is 1. The SMILES string of the molecule is CCNC(C)Cc1nc2c(OC)cccc2o1. The van der Waals surface area contributed by atoms with Gasteiger partial charge in [0.2, 0.25) is 0 Å². The third kappa shape index (κ3) is 2.58. The van der Waals surface area contributed by atoms with Crippen molar-refractivity contribution in [3.8, 4) is 5.75 Å². The van der Waals surface area contributed by atoms with Crippen LogP contribution in [0.5, 0.6) is 5.75 Å². The number of oxazole rings is 1. The molecule has 0 spiro atoms. The van der Waals surface area contributed by atoms with E-state index in [1.165, 1.54) is 0 Å². The predicted octanol–water partition coefficient (Wildman–Crippen LogP) is 2.38. The predicted molar refractivity (Wildman–Crippen MR) is 67.4 cm³/mol. The lowest BCUT2D eigenvalue weighted by atomic mass is 10.2. The summed E-state index contributed by atoms with van der Waals surface area (Å²) in [6, 6.07) is 6.07. The van der Waals surface area contributed by atoms with Crippen molar-refractivity contribution in [2.45, 2.75) is 26.3 Å². The summed E-state index contributed by atoms with van der Waals surface area (Å²) in [6.45, 7) is 5.16. The Hall–Kier alpha value is -1.55. The van der Waals surface area contributed by atoms with E-state index >= 15 is 0 Å². The standard InChI is InChI=1S/C13H18N2O2/c1-4-14-9(2)8-12-15-13-10(16-3)6-5-7-11(13)17-12/h5-7,9,14H,4,8H2,1-3H3. The number of hydrogen-bond acceptors (Lipinski definition) is 4. The molecule has 1 heterocycles. The number of likely N-dealkylation sites (N-methyl/N-ethyl adjacent to an activating group) is 1. The van der Waals surface area contributed by atoms with Crippen LogP contribution in [0.15, 0.2) is 22.6 Å². The summed E-state index contributed by atoms with van der Waals surface area (Å²) in [5.41, 5.74) is 1.58. The van der Waals surface area contributed by atoms with Crippen molar-refractivity contribution in [1.82, 2.24) is 10.3 Å². The minimum atomic E-state index is 0.360.